The van der Waals surface area contributed by atoms with Gasteiger partial charge in [-0.05, 0) is 24.6 Å². The van der Waals surface area contributed by atoms with Crippen LogP contribution in [0, 0.1) is 11.3 Å². The number of rotatable bonds is 3. The van der Waals surface area contributed by atoms with Crippen LogP contribution in [0.25, 0.3) is 0 Å². The lowest BCUT2D eigenvalue weighted by molar-refractivity contribution is 0.845. The first-order chi connectivity index (χ1) is 6.26. The van der Waals surface area contributed by atoms with Gasteiger partial charge in [0.1, 0.15) is 6.04 Å². The van der Waals surface area contributed by atoms with Crippen LogP contribution in [0.5, 0.6) is 0 Å². The predicted molar refractivity (Wildman–Crippen MR) is 54.8 cm³/mol. The van der Waals surface area contributed by atoms with Crippen LogP contribution in [-0.2, 0) is 0 Å². The van der Waals surface area contributed by atoms with Crippen LogP contribution >= 0.6 is 11.6 Å². The number of anilines is 1. The number of nitrogens with one attached hydrogen (secondary N) is 1. The standard InChI is InChI=1S/C10H11ClN2/c1-2-9(7-12)13-10-5-3-4-8(11)6-10/h3-6,9,13H,2H2,1H3. The predicted octanol–water partition coefficient (Wildman–Crippen LogP) is 3.05. The Balaban J connectivity index is 2.69. The van der Waals surface area contributed by atoms with E-state index in [9.17, 15) is 0 Å². The zero-order chi connectivity index (χ0) is 9.68. The van der Waals surface area contributed by atoms with Crippen molar-refractivity contribution < 1.29 is 0 Å². The lowest BCUT2D eigenvalue weighted by Crippen LogP contribution is -2.15. The van der Waals surface area contributed by atoms with Crippen molar-refractivity contribution in [3.05, 3.63) is 29.3 Å². The van der Waals surface area contributed by atoms with Crippen molar-refractivity contribution in [1.82, 2.24) is 0 Å². The highest BCUT2D eigenvalue weighted by atomic mass is 35.5. The third-order valence-corrected chi connectivity index (χ3v) is 1.96. The Hall–Kier alpha value is -1.20. The van der Waals surface area contributed by atoms with E-state index in [1.165, 1.54) is 0 Å². The van der Waals surface area contributed by atoms with E-state index in [4.69, 9.17) is 16.9 Å². The Bertz CT molecular complexity index is 317. The maximum Gasteiger partial charge on any atom is 0.114 e. The molecule has 0 aliphatic heterocycles. The van der Waals surface area contributed by atoms with E-state index in [2.05, 4.69) is 11.4 Å². The molecule has 0 radical (unpaired) electrons. The SMILES string of the molecule is CCC(C#N)Nc1cccc(Cl)c1. The molecule has 1 rings (SSSR count). The molecule has 0 aliphatic rings. The molecule has 0 aromatic heterocycles. The van der Waals surface area contributed by atoms with Gasteiger partial charge < -0.3 is 5.32 Å². The third kappa shape index (κ3) is 2.96. The summed E-state index contributed by atoms with van der Waals surface area (Å²) in [5.41, 5.74) is 0.890. The molecule has 0 saturated carbocycles. The Kier molecular flexibility index (Phi) is 3.60. The molecule has 0 aliphatic carbocycles. The van der Waals surface area contributed by atoms with Crippen LogP contribution < -0.4 is 5.32 Å². The fourth-order valence-electron chi connectivity index (χ4n) is 1.01. The average Bonchev–Trinajstić information content (AvgIpc) is 2.14. The van der Waals surface area contributed by atoms with Gasteiger partial charge in [-0.15, -0.1) is 0 Å². The van der Waals surface area contributed by atoms with E-state index < -0.39 is 0 Å². The molecule has 0 amide bonds. The van der Waals surface area contributed by atoms with Crippen molar-refractivity contribution in [2.75, 3.05) is 5.32 Å². The molecule has 1 aromatic carbocycles. The first-order valence-electron chi connectivity index (χ1n) is 4.18. The lowest BCUT2D eigenvalue weighted by atomic mass is 10.2. The summed E-state index contributed by atoms with van der Waals surface area (Å²) in [6.07, 6.45) is 0.781. The smallest absolute Gasteiger partial charge is 0.114 e. The Morgan fingerprint density at radius 1 is 1.62 bits per heavy atom. The molecule has 1 unspecified atom stereocenters. The molecule has 68 valence electrons. The molecule has 1 N–H and O–H groups in total. The third-order valence-electron chi connectivity index (χ3n) is 1.73. The van der Waals surface area contributed by atoms with Gasteiger partial charge in [0.05, 0.1) is 6.07 Å². The van der Waals surface area contributed by atoms with Crippen LogP contribution in [0.4, 0.5) is 5.69 Å². The zero-order valence-electron chi connectivity index (χ0n) is 7.42. The van der Waals surface area contributed by atoms with E-state index in [-0.39, 0.29) is 6.04 Å². The highest BCUT2D eigenvalue weighted by Crippen LogP contribution is 2.15. The van der Waals surface area contributed by atoms with Crippen molar-refractivity contribution in [1.29, 1.82) is 5.26 Å². The van der Waals surface area contributed by atoms with Crippen molar-refractivity contribution in [3.8, 4) is 6.07 Å². The fourth-order valence-corrected chi connectivity index (χ4v) is 1.20. The summed E-state index contributed by atoms with van der Waals surface area (Å²) < 4.78 is 0. The lowest BCUT2D eigenvalue weighted by Gasteiger charge is -2.10. The zero-order valence-corrected chi connectivity index (χ0v) is 8.17. The number of nitrogens with zero attached hydrogens (tertiary/aromatic N) is 1. The van der Waals surface area contributed by atoms with Gasteiger partial charge >= 0.3 is 0 Å². The molecule has 13 heavy (non-hydrogen) atoms. The van der Waals surface area contributed by atoms with E-state index in [0.29, 0.717) is 5.02 Å². The number of nitriles is 1. The summed E-state index contributed by atoms with van der Waals surface area (Å²) in [6.45, 7) is 1.96. The van der Waals surface area contributed by atoms with Gasteiger partial charge in [0, 0.05) is 10.7 Å². The molecule has 1 atom stereocenters. The summed E-state index contributed by atoms with van der Waals surface area (Å²) in [5.74, 6) is 0. The first-order valence-corrected chi connectivity index (χ1v) is 4.55. The summed E-state index contributed by atoms with van der Waals surface area (Å²) in [7, 11) is 0. The molecule has 2 nitrogen and oxygen atoms in total. The Morgan fingerprint density at radius 2 is 2.38 bits per heavy atom. The second-order valence-electron chi connectivity index (χ2n) is 2.74. The molecule has 0 bridgehead atoms. The largest absolute Gasteiger partial charge is 0.370 e. The van der Waals surface area contributed by atoms with Gasteiger partial charge in [-0.25, -0.2) is 0 Å². The van der Waals surface area contributed by atoms with Gasteiger partial charge in [0.25, 0.3) is 0 Å². The minimum Gasteiger partial charge on any atom is -0.370 e. The molecular weight excluding hydrogens is 184 g/mol. The maximum absolute atomic E-state index is 8.71. The van der Waals surface area contributed by atoms with Crippen molar-refractivity contribution in [2.45, 2.75) is 19.4 Å². The monoisotopic (exact) mass is 194 g/mol. The average molecular weight is 195 g/mol. The van der Waals surface area contributed by atoms with Gasteiger partial charge in [0.15, 0.2) is 0 Å². The first kappa shape index (κ1) is 9.88. The molecule has 0 heterocycles. The molecule has 0 saturated heterocycles. The molecular formula is C10H11ClN2. The normalized spacial score (nSPS) is 11.8. The number of benzene rings is 1. The van der Waals surface area contributed by atoms with Gasteiger partial charge in [-0.2, -0.15) is 5.26 Å². The maximum atomic E-state index is 8.71. The number of hydrogen-bond acceptors (Lipinski definition) is 2. The van der Waals surface area contributed by atoms with Crippen LogP contribution in [0.3, 0.4) is 0 Å². The Morgan fingerprint density at radius 3 is 2.92 bits per heavy atom. The Labute approximate surface area is 83.1 Å². The molecule has 3 heteroatoms. The molecule has 0 fully saturated rings. The van der Waals surface area contributed by atoms with Gasteiger partial charge in [-0.3, -0.25) is 0 Å². The van der Waals surface area contributed by atoms with Crippen LogP contribution in [0.1, 0.15) is 13.3 Å². The fraction of sp³-hybridized carbons (Fsp3) is 0.300. The molecule has 0 spiro atoms. The minimum atomic E-state index is -0.140. The minimum absolute atomic E-state index is 0.140. The number of hydrogen-bond donors (Lipinski definition) is 1. The van der Waals surface area contributed by atoms with Crippen LogP contribution in [0.2, 0.25) is 5.02 Å². The van der Waals surface area contributed by atoms with Crippen molar-refractivity contribution in [2.24, 2.45) is 0 Å². The van der Waals surface area contributed by atoms with E-state index in [1.807, 2.05) is 25.1 Å². The van der Waals surface area contributed by atoms with E-state index in [1.54, 1.807) is 6.07 Å². The van der Waals surface area contributed by atoms with Crippen LogP contribution in [-0.4, -0.2) is 6.04 Å². The van der Waals surface area contributed by atoms with Gasteiger partial charge in [0.2, 0.25) is 0 Å². The summed E-state index contributed by atoms with van der Waals surface area (Å²) in [4.78, 5) is 0. The highest BCUT2D eigenvalue weighted by Gasteiger charge is 2.02. The molecule has 1 aromatic rings. The van der Waals surface area contributed by atoms with E-state index >= 15 is 0 Å². The van der Waals surface area contributed by atoms with Gasteiger partial charge in [-0.1, -0.05) is 24.6 Å². The summed E-state index contributed by atoms with van der Waals surface area (Å²) >= 11 is 5.79. The quantitative estimate of drug-likeness (QED) is 0.803. The van der Waals surface area contributed by atoms with Crippen LogP contribution in [0.15, 0.2) is 24.3 Å². The van der Waals surface area contributed by atoms with Crippen molar-refractivity contribution in [3.63, 3.8) is 0 Å². The highest BCUT2D eigenvalue weighted by molar-refractivity contribution is 6.30. The van der Waals surface area contributed by atoms with Crippen molar-refractivity contribution >= 4 is 17.3 Å². The van der Waals surface area contributed by atoms with E-state index in [0.717, 1.165) is 12.1 Å². The second kappa shape index (κ2) is 4.74. The topological polar surface area (TPSA) is 35.8 Å². The summed E-state index contributed by atoms with van der Waals surface area (Å²) in [5, 5.41) is 12.5. The second-order valence-corrected chi connectivity index (χ2v) is 3.18. The number of halogens is 1. The summed E-state index contributed by atoms with van der Waals surface area (Å²) in [6, 6.07) is 9.39.